The van der Waals surface area contributed by atoms with Gasteiger partial charge in [0.15, 0.2) is 0 Å². The Morgan fingerprint density at radius 1 is 1.46 bits per heavy atom. The van der Waals surface area contributed by atoms with Crippen molar-refractivity contribution >= 4 is 11.0 Å². The minimum atomic E-state index is 0.468. The number of fused-ring (bicyclic) bond motifs is 1. The second-order valence-corrected chi connectivity index (χ2v) is 3.09. The van der Waals surface area contributed by atoms with E-state index in [-0.39, 0.29) is 0 Å². The standard InChI is InChI=1S/C10H13N3/c1-2-7-3-4-8-9(5-7)13-10(6-11)12-8/h3-5H,2,6,11H2,1H3,(H,12,13). The largest absolute Gasteiger partial charge is 0.341 e. The van der Waals surface area contributed by atoms with Crippen LogP contribution in [0.15, 0.2) is 18.2 Å². The summed E-state index contributed by atoms with van der Waals surface area (Å²) in [4.78, 5) is 7.51. The van der Waals surface area contributed by atoms with E-state index in [0.29, 0.717) is 6.54 Å². The molecule has 0 radical (unpaired) electrons. The van der Waals surface area contributed by atoms with Crippen LogP contribution in [0.5, 0.6) is 0 Å². The molecule has 0 aliphatic heterocycles. The zero-order chi connectivity index (χ0) is 9.26. The van der Waals surface area contributed by atoms with Crippen LogP contribution in [0.25, 0.3) is 11.0 Å². The number of nitrogens with two attached hydrogens (primary N) is 1. The zero-order valence-electron chi connectivity index (χ0n) is 7.67. The minimum absolute atomic E-state index is 0.468. The second kappa shape index (κ2) is 3.18. The van der Waals surface area contributed by atoms with Crippen molar-refractivity contribution in [3.8, 4) is 0 Å². The molecule has 0 spiro atoms. The number of imidazole rings is 1. The first-order valence-corrected chi connectivity index (χ1v) is 4.51. The summed E-state index contributed by atoms with van der Waals surface area (Å²) in [6.45, 7) is 2.61. The lowest BCUT2D eigenvalue weighted by atomic mass is 10.1. The van der Waals surface area contributed by atoms with Crippen LogP contribution in [0.4, 0.5) is 0 Å². The molecular weight excluding hydrogens is 162 g/mol. The average molecular weight is 175 g/mol. The summed E-state index contributed by atoms with van der Waals surface area (Å²) in [7, 11) is 0. The van der Waals surface area contributed by atoms with E-state index in [1.807, 2.05) is 6.07 Å². The van der Waals surface area contributed by atoms with Crippen molar-refractivity contribution in [1.82, 2.24) is 9.97 Å². The van der Waals surface area contributed by atoms with Gasteiger partial charge in [0.1, 0.15) is 5.82 Å². The highest BCUT2D eigenvalue weighted by Crippen LogP contribution is 2.13. The molecule has 1 aromatic heterocycles. The van der Waals surface area contributed by atoms with E-state index in [1.54, 1.807) is 0 Å². The molecule has 0 fully saturated rings. The Kier molecular flexibility index (Phi) is 2.02. The molecule has 1 aromatic carbocycles. The molecule has 13 heavy (non-hydrogen) atoms. The maximum Gasteiger partial charge on any atom is 0.121 e. The SMILES string of the molecule is CCc1ccc2nc(CN)[nH]c2c1. The molecule has 2 rings (SSSR count). The predicted octanol–water partition coefficient (Wildman–Crippen LogP) is 1.58. The van der Waals surface area contributed by atoms with E-state index in [2.05, 4.69) is 29.0 Å². The van der Waals surface area contributed by atoms with Gasteiger partial charge in [-0.2, -0.15) is 0 Å². The quantitative estimate of drug-likeness (QED) is 0.728. The lowest BCUT2D eigenvalue weighted by Gasteiger charge is -1.93. The number of hydrogen-bond acceptors (Lipinski definition) is 2. The van der Waals surface area contributed by atoms with Gasteiger partial charge >= 0.3 is 0 Å². The van der Waals surface area contributed by atoms with Gasteiger partial charge < -0.3 is 10.7 Å². The molecule has 0 aliphatic rings. The molecule has 68 valence electrons. The highest BCUT2D eigenvalue weighted by molar-refractivity contribution is 5.75. The number of hydrogen-bond donors (Lipinski definition) is 2. The lowest BCUT2D eigenvalue weighted by molar-refractivity contribution is 0.958. The van der Waals surface area contributed by atoms with Gasteiger partial charge in [0.2, 0.25) is 0 Å². The third kappa shape index (κ3) is 1.42. The Bertz CT molecular complexity index is 415. The fraction of sp³-hybridized carbons (Fsp3) is 0.300. The van der Waals surface area contributed by atoms with Gasteiger partial charge in [-0.05, 0) is 24.1 Å². The summed E-state index contributed by atoms with van der Waals surface area (Å²) in [6, 6.07) is 6.26. The van der Waals surface area contributed by atoms with E-state index in [0.717, 1.165) is 23.3 Å². The molecule has 3 heteroatoms. The van der Waals surface area contributed by atoms with Crippen LogP contribution < -0.4 is 5.73 Å². The molecule has 3 N–H and O–H groups in total. The van der Waals surface area contributed by atoms with Crippen LogP contribution in [-0.2, 0) is 13.0 Å². The average Bonchev–Trinajstić information content (AvgIpc) is 2.58. The van der Waals surface area contributed by atoms with Gasteiger partial charge in [0.25, 0.3) is 0 Å². The molecular formula is C10H13N3. The van der Waals surface area contributed by atoms with Crippen molar-refractivity contribution < 1.29 is 0 Å². The van der Waals surface area contributed by atoms with Crippen LogP contribution in [-0.4, -0.2) is 9.97 Å². The van der Waals surface area contributed by atoms with Gasteiger partial charge in [0.05, 0.1) is 17.6 Å². The fourth-order valence-electron chi connectivity index (χ4n) is 1.43. The van der Waals surface area contributed by atoms with Crippen molar-refractivity contribution in [2.75, 3.05) is 0 Å². The number of aromatic amines is 1. The third-order valence-corrected chi connectivity index (χ3v) is 2.20. The van der Waals surface area contributed by atoms with E-state index >= 15 is 0 Å². The third-order valence-electron chi connectivity index (χ3n) is 2.20. The Hall–Kier alpha value is -1.35. The first-order chi connectivity index (χ1) is 6.33. The number of benzene rings is 1. The van der Waals surface area contributed by atoms with Crippen molar-refractivity contribution in [3.63, 3.8) is 0 Å². The molecule has 2 aromatic rings. The first kappa shape index (κ1) is 8.26. The normalized spacial score (nSPS) is 10.9. The van der Waals surface area contributed by atoms with Gasteiger partial charge in [-0.1, -0.05) is 13.0 Å². The monoisotopic (exact) mass is 175 g/mol. The van der Waals surface area contributed by atoms with Crippen LogP contribution in [0.3, 0.4) is 0 Å². The van der Waals surface area contributed by atoms with Crippen molar-refractivity contribution in [2.24, 2.45) is 5.73 Å². The molecule has 0 unspecified atom stereocenters. The van der Waals surface area contributed by atoms with Crippen LogP contribution >= 0.6 is 0 Å². The van der Waals surface area contributed by atoms with Crippen molar-refractivity contribution in [3.05, 3.63) is 29.6 Å². The Morgan fingerprint density at radius 2 is 2.31 bits per heavy atom. The highest BCUT2D eigenvalue weighted by atomic mass is 14.9. The minimum Gasteiger partial charge on any atom is -0.341 e. The molecule has 0 atom stereocenters. The number of nitrogens with one attached hydrogen (secondary N) is 1. The maximum atomic E-state index is 5.49. The molecule has 0 aliphatic carbocycles. The Morgan fingerprint density at radius 3 is 3.00 bits per heavy atom. The van der Waals surface area contributed by atoms with Crippen molar-refractivity contribution in [1.29, 1.82) is 0 Å². The summed E-state index contributed by atoms with van der Waals surface area (Å²) in [5.41, 5.74) is 8.89. The van der Waals surface area contributed by atoms with E-state index in [1.165, 1.54) is 5.56 Å². The van der Waals surface area contributed by atoms with Crippen LogP contribution in [0.1, 0.15) is 18.3 Å². The number of nitrogens with zero attached hydrogens (tertiary/aromatic N) is 1. The summed E-state index contributed by atoms with van der Waals surface area (Å²) in [5, 5.41) is 0. The fourth-order valence-corrected chi connectivity index (χ4v) is 1.43. The maximum absolute atomic E-state index is 5.49. The Balaban J connectivity index is 2.57. The lowest BCUT2D eigenvalue weighted by Crippen LogP contribution is -1.97. The summed E-state index contributed by atoms with van der Waals surface area (Å²) in [6.07, 6.45) is 1.05. The first-order valence-electron chi connectivity index (χ1n) is 4.51. The highest BCUT2D eigenvalue weighted by Gasteiger charge is 2.00. The molecule has 0 saturated heterocycles. The molecule has 0 bridgehead atoms. The van der Waals surface area contributed by atoms with E-state index < -0.39 is 0 Å². The van der Waals surface area contributed by atoms with Gasteiger partial charge in [-0.25, -0.2) is 4.98 Å². The summed E-state index contributed by atoms with van der Waals surface area (Å²) < 4.78 is 0. The topological polar surface area (TPSA) is 54.7 Å². The zero-order valence-corrected chi connectivity index (χ0v) is 7.67. The number of aryl methyl sites for hydroxylation is 1. The van der Waals surface area contributed by atoms with Crippen LogP contribution in [0.2, 0.25) is 0 Å². The Labute approximate surface area is 77.0 Å². The summed E-state index contributed by atoms with van der Waals surface area (Å²) in [5.74, 6) is 0.850. The molecule has 1 heterocycles. The van der Waals surface area contributed by atoms with Crippen molar-refractivity contribution in [2.45, 2.75) is 19.9 Å². The van der Waals surface area contributed by atoms with Gasteiger partial charge in [-0.3, -0.25) is 0 Å². The van der Waals surface area contributed by atoms with Gasteiger partial charge in [-0.15, -0.1) is 0 Å². The number of rotatable bonds is 2. The smallest absolute Gasteiger partial charge is 0.121 e. The predicted molar refractivity (Wildman–Crippen MR) is 53.4 cm³/mol. The molecule has 0 saturated carbocycles. The van der Waals surface area contributed by atoms with E-state index in [9.17, 15) is 0 Å². The van der Waals surface area contributed by atoms with E-state index in [4.69, 9.17) is 5.73 Å². The molecule has 0 amide bonds. The summed E-state index contributed by atoms with van der Waals surface area (Å²) >= 11 is 0. The molecule has 3 nitrogen and oxygen atoms in total. The second-order valence-electron chi connectivity index (χ2n) is 3.09. The number of aromatic nitrogens is 2. The van der Waals surface area contributed by atoms with Gasteiger partial charge in [0, 0.05) is 0 Å². The van der Waals surface area contributed by atoms with Crippen LogP contribution in [0, 0.1) is 0 Å². The number of H-pyrrole nitrogens is 1.